The molecule has 122 valence electrons. The monoisotopic (exact) mass is 306 g/mol. The molecule has 1 aromatic heterocycles. The summed E-state index contributed by atoms with van der Waals surface area (Å²) in [5, 5.41) is 5.80. The maximum atomic E-state index is 12.4. The number of amides is 2. The highest BCUT2D eigenvalue weighted by molar-refractivity contribution is 5.97. The molecule has 0 aromatic carbocycles. The lowest BCUT2D eigenvalue weighted by Crippen LogP contribution is -2.34. The Hall–Kier alpha value is -1.85. The van der Waals surface area contributed by atoms with Gasteiger partial charge in [-0.25, -0.2) is 4.98 Å². The number of aromatic nitrogens is 2. The molecule has 1 aromatic rings. The van der Waals surface area contributed by atoms with Gasteiger partial charge in [0.15, 0.2) is 5.82 Å². The Morgan fingerprint density at radius 1 is 1.18 bits per heavy atom. The minimum atomic E-state index is -0.193. The van der Waals surface area contributed by atoms with Gasteiger partial charge >= 0.3 is 0 Å². The second-order valence-corrected chi connectivity index (χ2v) is 6.25. The standard InChI is InChI=1S/C16H26N4O2/c1-5-11(4)18-16(22)14-19-13(15(21)17-10(2)3)12-8-6-7-9-20(12)14/h10-11H,5-9H2,1-4H3,(H,17,21)(H,18,22). The molecule has 0 spiro atoms. The van der Waals surface area contributed by atoms with E-state index in [4.69, 9.17) is 0 Å². The van der Waals surface area contributed by atoms with Crippen LogP contribution < -0.4 is 10.6 Å². The Labute approximate surface area is 131 Å². The number of imidazole rings is 1. The molecule has 0 aliphatic carbocycles. The summed E-state index contributed by atoms with van der Waals surface area (Å²) in [6.45, 7) is 8.56. The summed E-state index contributed by atoms with van der Waals surface area (Å²) in [6, 6.07) is 0.141. The SMILES string of the molecule is CCC(C)NC(=O)c1nc(C(=O)NC(C)C)c2n1CCCC2. The van der Waals surface area contributed by atoms with E-state index in [9.17, 15) is 9.59 Å². The van der Waals surface area contributed by atoms with E-state index in [-0.39, 0.29) is 23.9 Å². The van der Waals surface area contributed by atoms with Crippen molar-refractivity contribution in [2.45, 2.75) is 72.0 Å². The summed E-state index contributed by atoms with van der Waals surface area (Å²) in [5.74, 6) is -0.0201. The van der Waals surface area contributed by atoms with Gasteiger partial charge in [0.2, 0.25) is 0 Å². The molecule has 2 amide bonds. The van der Waals surface area contributed by atoms with E-state index in [0.29, 0.717) is 11.5 Å². The van der Waals surface area contributed by atoms with Gasteiger partial charge in [-0.05, 0) is 46.5 Å². The summed E-state index contributed by atoms with van der Waals surface area (Å²) in [7, 11) is 0. The van der Waals surface area contributed by atoms with Crippen LogP contribution >= 0.6 is 0 Å². The lowest BCUT2D eigenvalue weighted by molar-refractivity contribution is 0.0923. The second kappa shape index (κ2) is 6.94. The lowest BCUT2D eigenvalue weighted by Gasteiger charge is -2.18. The topological polar surface area (TPSA) is 76.0 Å². The molecule has 2 rings (SSSR count). The van der Waals surface area contributed by atoms with E-state index >= 15 is 0 Å². The van der Waals surface area contributed by atoms with Gasteiger partial charge in [-0.2, -0.15) is 0 Å². The van der Waals surface area contributed by atoms with E-state index in [1.165, 1.54) is 0 Å². The van der Waals surface area contributed by atoms with Gasteiger partial charge < -0.3 is 15.2 Å². The van der Waals surface area contributed by atoms with E-state index in [2.05, 4.69) is 15.6 Å². The molecule has 1 aliphatic rings. The van der Waals surface area contributed by atoms with Gasteiger partial charge in [0.1, 0.15) is 5.69 Å². The van der Waals surface area contributed by atoms with Crippen molar-refractivity contribution in [1.29, 1.82) is 0 Å². The van der Waals surface area contributed by atoms with Gasteiger partial charge in [-0.1, -0.05) is 6.92 Å². The highest BCUT2D eigenvalue weighted by Crippen LogP contribution is 2.21. The van der Waals surface area contributed by atoms with Crippen molar-refractivity contribution in [3.05, 3.63) is 17.2 Å². The first-order valence-electron chi connectivity index (χ1n) is 8.15. The van der Waals surface area contributed by atoms with Crippen LogP contribution in [0.15, 0.2) is 0 Å². The number of carbonyl (C=O) groups is 2. The van der Waals surface area contributed by atoms with Crippen LogP contribution in [0.1, 0.15) is 73.8 Å². The molecule has 2 N–H and O–H groups in total. The van der Waals surface area contributed by atoms with Crippen molar-refractivity contribution >= 4 is 11.8 Å². The Balaban J connectivity index is 2.33. The highest BCUT2D eigenvalue weighted by Gasteiger charge is 2.27. The Morgan fingerprint density at radius 3 is 2.55 bits per heavy atom. The maximum absolute atomic E-state index is 12.4. The number of rotatable bonds is 5. The predicted molar refractivity (Wildman–Crippen MR) is 85.0 cm³/mol. The number of carbonyl (C=O) groups excluding carboxylic acids is 2. The van der Waals surface area contributed by atoms with Crippen LogP contribution in [0.3, 0.4) is 0 Å². The van der Waals surface area contributed by atoms with Crippen molar-refractivity contribution in [2.75, 3.05) is 0 Å². The Kier molecular flexibility index (Phi) is 5.21. The Bertz CT molecular complexity index is 563. The third-order valence-corrected chi connectivity index (χ3v) is 3.95. The molecule has 0 saturated carbocycles. The van der Waals surface area contributed by atoms with Crippen LogP contribution in [0.5, 0.6) is 0 Å². The number of nitrogens with zero attached hydrogens (tertiary/aromatic N) is 2. The molecule has 0 radical (unpaired) electrons. The van der Waals surface area contributed by atoms with E-state index < -0.39 is 0 Å². The van der Waals surface area contributed by atoms with Gasteiger partial charge in [0.05, 0.1) is 5.69 Å². The number of hydrogen-bond donors (Lipinski definition) is 2. The van der Waals surface area contributed by atoms with E-state index in [1.54, 1.807) is 0 Å². The van der Waals surface area contributed by atoms with Crippen LogP contribution in [0, 0.1) is 0 Å². The smallest absolute Gasteiger partial charge is 0.287 e. The average Bonchev–Trinajstić information content (AvgIpc) is 2.86. The Morgan fingerprint density at radius 2 is 1.91 bits per heavy atom. The van der Waals surface area contributed by atoms with E-state index in [0.717, 1.165) is 37.9 Å². The summed E-state index contributed by atoms with van der Waals surface area (Å²) in [6.07, 6.45) is 3.70. The fourth-order valence-corrected chi connectivity index (χ4v) is 2.62. The molecule has 1 atom stereocenters. The molecule has 6 heteroatoms. The largest absolute Gasteiger partial charge is 0.348 e. The lowest BCUT2D eigenvalue weighted by atomic mass is 10.1. The van der Waals surface area contributed by atoms with Gasteiger partial charge in [-0.3, -0.25) is 9.59 Å². The molecule has 6 nitrogen and oxygen atoms in total. The van der Waals surface area contributed by atoms with Gasteiger partial charge in [0.25, 0.3) is 11.8 Å². The quantitative estimate of drug-likeness (QED) is 0.872. The van der Waals surface area contributed by atoms with Crippen molar-refractivity contribution < 1.29 is 9.59 Å². The van der Waals surface area contributed by atoms with Crippen LogP contribution in [0.4, 0.5) is 0 Å². The fourth-order valence-electron chi connectivity index (χ4n) is 2.62. The third-order valence-electron chi connectivity index (χ3n) is 3.95. The molecule has 1 aliphatic heterocycles. The van der Waals surface area contributed by atoms with Crippen LogP contribution in [-0.4, -0.2) is 33.4 Å². The highest BCUT2D eigenvalue weighted by atomic mass is 16.2. The van der Waals surface area contributed by atoms with Crippen LogP contribution in [0.2, 0.25) is 0 Å². The van der Waals surface area contributed by atoms with Crippen LogP contribution in [0.25, 0.3) is 0 Å². The predicted octanol–water partition coefficient (Wildman–Crippen LogP) is 1.89. The molecule has 1 unspecified atom stereocenters. The zero-order valence-electron chi connectivity index (χ0n) is 13.9. The molecular weight excluding hydrogens is 280 g/mol. The molecule has 0 saturated heterocycles. The normalized spacial score (nSPS) is 15.3. The summed E-state index contributed by atoms with van der Waals surface area (Å²) < 4.78 is 1.91. The van der Waals surface area contributed by atoms with Crippen molar-refractivity contribution in [1.82, 2.24) is 20.2 Å². The second-order valence-electron chi connectivity index (χ2n) is 6.25. The van der Waals surface area contributed by atoms with Crippen molar-refractivity contribution in [2.24, 2.45) is 0 Å². The van der Waals surface area contributed by atoms with Crippen molar-refractivity contribution in [3.63, 3.8) is 0 Å². The zero-order valence-corrected chi connectivity index (χ0v) is 13.9. The van der Waals surface area contributed by atoms with Crippen molar-refractivity contribution in [3.8, 4) is 0 Å². The van der Waals surface area contributed by atoms with Gasteiger partial charge in [-0.15, -0.1) is 0 Å². The maximum Gasteiger partial charge on any atom is 0.287 e. The summed E-state index contributed by atoms with van der Waals surface area (Å²) >= 11 is 0. The molecule has 22 heavy (non-hydrogen) atoms. The summed E-state index contributed by atoms with van der Waals surface area (Å²) in [5.41, 5.74) is 1.29. The molecule has 0 bridgehead atoms. The number of fused-ring (bicyclic) bond motifs is 1. The van der Waals surface area contributed by atoms with Crippen LogP contribution in [-0.2, 0) is 13.0 Å². The first-order valence-corrected chi connectivity index (χ1v) is 8.15. The number of hydrogen-bond acceptors (Lipinski definition) is 3. The molecular formula is C16H26N4O2. The number of nitrogens with one attached hydrogen (secondary N) is 2. The van der Waals surface area contributed by atoms with Gasteiger partial charge in [0, 0.05) is 18.6 Å². The third kappa shape index (κ3) is 3.48. The summed E-state index contributed by atoms with van der Waals surface area (Å²) in [4.78, 5) is 29.1. The van der Waals surface area contributed by atoms with E-state index in [1.807, 2.05) is 32.3 Å². The zero-order chi connectivity index (χ0) is 16.3. The minimum absolute atomic E-state index is 0.0471. The first-order chi connectivity index (χ1) is 10.4. The first kappa shape index (κ1) is 16.5. The molecule has 2 heterocycles. The molecule has 0 fully saturated rings. The average molecular weight is 306 g/mol. The fraction of sp³-hybridized carbons (Fsp3) is 0.688. The minimum Gasteiger partial charge on any atom is -0.348 e.